The summed E-state index contributed by atoms with van der Waals surface area (Å²) in [6.07, 6.45) is 2.75. The van der Waals surface area contributed by atoms with E-state index < -0.39 is 0 Å². The molecule has 2 N–H and O–H groups in total. The first-order valence-electron chi connectivity index (χ1n) is 4.49. The van der Waals surface area contributed by atoms with Gasteiger partial charge in [0.15, 0.2) is 0 Å². The molecule has 0 aliphatic heterocycles. The van der Waals surface area contributed by atoms with Crippen molar-refractivity contribution in [3.05, 3.63) is 18.0 Å². The highest BCUT2D eigenvalue weighted by molar-refractivity contribution is 5.05. The molecule has 0 saturated carbocycles. The van der Waals surface area contributed by atoms with Crippen LogP contribution in [0.1, 0.15) is 18.2 Å². The van der Waals surface area contributed by atoms with Crippen molar-refractivity contribution in [3.8, 4) is 0 Å². The van der Waals surface area contributed by atoms with Gasteiger partial charge in [-0.25, -0.2) is 0 Å². The Kier molecular flexibility index (Phi) is 3.45. The molecule has 0 radical (unpaired) electrons. The number of hydrogen-bond donors (Lipinski definition) is 1. The molecule has 0 amide bonds. The third kappa shape index (κ3) is 2.82. The van der Waals surface area contributed by atoms with E-state index in [1.165, 1.54) is 0 Å². The van der Waals surface area contributed by atoms with Gasteiger partial charge in [0.2, 0.25) is 0 Å². The van der Waals surface area contributed by atoms with Crippen molar-refractivity contribution >= 4 is 0 Å². The molecule has 0 aromatic carbocycles. The van der Waals surface area contributed by atoms with Crippen LogP contribution >= 0.6 is 0 Å². The maximum absolute atomic E-state index is 6.00. The van der Waals surface area contributed by atoms with Crippen molar-refractivity contribution in [3.63, 3.8) is 0 Å². The van der Waals surface area contributed by atoms with Gasteiger partial charge in [0, 0.05) is 19.3 Å². The summed E-state index contributed by atoms with van der Waals surface area (Å²) in [7, 11) is 6.02. The third-order valence-electron chi connectivity index (χ3n) is 2.13. The van der Waals surface area contributed by atoms with E-state index >= 15 is 0 Å². The minimum Gasteiger partial charge on any atom is -0.323 e. The summed E-state index contributed by atoms with van der Waals surface area (Å²) < 4.78 is 1.83. The molecule has 0 fully saturated rings. The summed E-state index contributed by atoms with van der Waals surface area (Å²) >= 11 is 0. The average Bonchev–Trinajstić information content (AvgIpc) is 2.47. The molecule has 13 heavy (non-hydrogen) atoms. The highest BCUT2D eigenvalue weighted by Gasteiger charge is 2.09. The van der Waals surface area contributed by atoms with Gasteiger partial charge in [0.25, 0.3) is 0 Å². The van der Waals surface area contributed by atoms with Crippen molar-refractivity contribution in [1.29, 1.82) is 0 Å². The second-order valence-corrected chi connectivity index (χ2v) is 3.58. The second-order valence-electron chi connectivity index (χ2n) is 3.58. The molecule has 1 aromatic rings. The molecule has 1 rings (SSSR count). The number of nitrogens with zero attached hydrogens (tertiary/aromatic N) is 3. The Bertz CT molecular complexity index is 254. The van der Waals surface area contributed by atoms with Crippen molar-refractivity contribution in [2.45, 2.75) is 12.5 Å². The molecule has 1 aromatic heterocycles. The Morgan fingerprint density at radius 3 is 2.77 bits per heavy atom. The van der Waals surface area contributed by atoms with Crippen molar-refractivity contribution in [1.82, 2.24) is 14.7 Å². The van der Waals surface area contributed by atoms with Crippen LogP contribution < -0.4 is 5.73 Å². The van der Waals surface area contributed by atoms with Gasteiger partial charge in [-0.05, 0) is 33.1 Å². The maximum atomic E-state index is 6.00. The quantitative estimate of drug-likeness (QED) is 0.732. The van der Waals surface area contributed by atoms with Gasteiger partial charge in [-0.1, -0.05) is 0 Å². The lowest BCUT2D eigenvalue weighted by atomic mass is 10.1. The molecule has 1 unspecified atom stereocenters. The molecule has 0 spiro atoms. The van der Waals surface area contributed by atoms with E-state index in [2.05, 4.69) is 24.1 Å². The first-order valence-corrected chi connectivity index (χ1v) is 4.49. The minimum atomic E-state index is 0.0925. The fourth-order valence-electron chi connectivity index (χ4n) is 1.29. The minimum absolute atomic E-state index is 0.0925. The van der Waals surface area contributed by atoms with Crippen LogP contribution in [-0.2, 0) is 7.05 Å². The van der Waals surface area contributed by atoms with Gasteiger partial charge in [0.1, 0.15) is 0 Å². The van der Waals surface area contributed by atoms with Crippen LogP contribution in [0.4, 0.5) is 0 Å². The predicted molar refractivity (Wildman–Crippen MR) is 53.3 cm³/mol. The maximum Gasteiger partial charge on any atom is 0.0548 e. The molecule has 4 nitrogen and oxygen atoms in total. The van der Waals surface area contributed by atoms with Crippen LogP contribution in [-0.4, -0.2) is 35.3 Å². The second kappa shape index (κ2) is 4.39. The number of aryl methyl sites for hydroxylation is 1. The molecule has 4 heteroatoms. The van der Waals surface area contributed by atoms with Gasteiger partial charge in [0.05, 0.1) is 5.69 Å². The van der Waals surface area contributed by atoms with Crippen molar-refractivity contribution in [2.24, 2.45) is 12.8 Å². The Hall–Kier alpha value is -0.870. The summed E-state index contributed by atoms with van der Waals surface area (Å²) in [6, 6.07) is 2.07. The van der Waals surface area contributed by atoms with Crippen LogP contribution in [0.3, 0.4) is 0 Å². The lowest BCUT2D eigenvalue weighted by Crippen LogP contribution is -2.21. The molecule has 0 aliphatic rings. The van der Waals surface area contributed by atoms with Gasteiger partial charge >= 0.3 is 0 Å². The van der Waals surface area contributed by atoms with E-state index in [4.69, 9.17) is 5.73 Å². The summed E-state index contributed by atoms with van der Waals surface area (Å²) in [5, 5.41) is 4.09. The van der Waals surface area contributed by atoms with Gasteiger partial charge in [-0.3, -0.25) is 4.68 Å². The molecule has 0 saturated heterocycles. The smallest absolute Gasteiger partial charge is 0.0548 e. The zero-order valence-corrected chi connectivity index (χ0v) is 8.57. The van der Waals surface area contributed by atoms with Gasteiger partial charge < -0.3 is 10.6 Å². The van der Waals surface area contributed by atoms with Crippen LogP contribution in [0, 0.1) is 0 Å². The van der Waals surface area contributed by atoms with Crippen LogP contribution in [0.2, 0.25) is 0 Å². The van der Waals surface area contributed by atoms with E-state index in [0.29, 0.717) is 0 Å². The largest absolute Gasteiger partial charge is 0.323 e. The molecule has 0 aliphatic carbocycles. The highest BCUT2D eigenvalue weighted by Crippen LogP contribution is 2.11. The summed E-state index contributed by atoms with van der Waals surface area (Å²) in [4.78, 5) is 2.14. The standard InChI is InChI=1S/C9H18N4/c1-12(2)7-5-8(10)9-4-6-11-13(9)3/h4,6,8H,5,7,10H2,1-3H3. The molecular weight excluding hydrogens is 164 g/mol. The monoisotopic (exact) mass is 182 g/mol. The first kappa shape index (κ1) is 10.2. The van der Waals surface area contributed by atoms with E-state index in [0.717, 1.165) is 18.7 Å². The van der Waals surface area contributed by atoms with Crippen molar-refractivity contribution < 1.29 is 0 Å². The summed E-state index contributed by atoms with van der Waals surface area (Å²) in [6.45, 7) is 1.01. The van der Waals surface area contributed by atoms with Crippen LogP contribution in [0.15, 0.2) is 12.3 Å². The molecule has 1 atom stereocenters. The van der Waals surface area contributed by atoms with E-state index in [1.807, 2.05) is 17.8 Å². The number of nitrogens with two attached hydrogens (primary N) is 1. The number of rotatable bonds is 4. The zero-order chi connectivity index (χ0) is 9.84. The normalized spacial score (nSPS) is 13.6. The number of aromatic nitrogens is 2. The average molecular weight is 182 g/mol. The van der Waals surface area contributed by atoms with Gasteiger partial charge in [-0.15, -0.1) is 0 Å². The fraction of sp³-hybridized carbons (Fsp3) is 0.667. The van der Waals surface area contributed by atoms with Crippen molar-refractivity contribution in [2.75, 3.05) is 20.6 Å². The molecule has 1 heterocycles. The molecule has 74 valence electrons. The molecule has 0 bridgehead atoms. The van der Waals surface area contributed by atoms with E-state index in [1.54, 1.807) is 6.20 Å². The Balaban J connectivity index is 2.49. The zero-order valence-electron chi connectivity index (χ0n) is 8.57. The van der Waals surface area contributed by atoms with E-state index in [-0.39, 0.29) is 6.04 Å². The number of hydrogen-bond acceptors (Lipinski definition) is 3. The van der Waals surface area contributed by atoms with E-state index in [9.17, 15) is 0 Å². The third-order valence-corrected chi connectivity index (χ3v) is 2.13. The Labute approximate surface area is 79.3 Å². The Morgan fingerprint density at radius 2 is 2.31 bits per heavy atom. The lowest BCUT2D eigenvalue weighted by molar-refractivity contribution is 0.378. The lowest BCUT2D eigenvalue weighted by Gasteiger charge is -2.15. The molecular formula is C9H18N4. The summed E-state index contributed by atoms with van der Waals surface area (Å²) in [5.41, 5.74) is 7.10. The van der Waals surface area contributed by atoms with Crippen LogP contribution in [0.5, 0.6) is 0 Å². The summed E-state index contributed by atoms with van der Waals surface area (Å²) in [5.74, 6) is 0. The predicted octanol–water partition coefficient (Wildman–Crippen LogP) is 0.372. The highest BCUT2D eigenvalue weighted by atomic mass is 15.3. The first-order chi connectivity index (χ1) is 6.11. The fourth-order valence-corrected chi connectivity index (χ4v) is 1.29. The van der Waals surface area contributed by atoms with Gasteiger partial charge in [-0.2, -0.15) is 5.10 Å². The van der Waals surface area contributed by atoms with Crippen LogP contribution in [0.25, 0.3) is 0 Å². The SMILES string of the molecule is CN(C)CCC(N)c1ccnn1C. The Morgan fingerprint density at radius 1 is 1.62 bits per heavy atom. The topological polar surface area (TPSA) is 47.1 Å².